The van der Waals surface area contributed by atoms with Crippen molar-refractivity contribution in [1.82, 2.24) is 9.80 Å². The van der Waals surface area contributed by atoms with E-state index in [0.717, 1.165) is 12.8 Å². The molecule has 0 radical (unpaired) electrons. The highest BCUT2D eigenvalue weighted by Gasteiger charge is 2.29. The van der Waals surface area contributed by atoms with Crippen LogP contribution in [-0.2, 0) is 9.53 Å². The van der Waals surface area contributed by atoms with Gasteiger partial charge in [-0.2, -0.15) is 0 Å². The minimum absolute atomic E-state index is 0.0729. The SMILES string of the molecule is CCOC(=O)c1ccc(NC(=O)[C@H]2CCCN(C(=O)N(C)C)C2)cc1. The van der Waals surface area contributed by atoms with Gasteiger partial charge in [0.25, 0.3) is 0 Å². The lowest BCUT2D eigenvalue weighted by Gasteiger charge is -2.33. The zero-order chi connectivity index (χ0) is 18.4. The summed E-state index contributed by atoms with van der Waals surface area (Å²) >= 11 is 0. The lowest BCUT2D eigenvalue weighted by Crippen LogP contribution is -2.47. The molecule has 2 rings (SSSR count). The number of nitrogens with one attached hydrogen (secondary N) is 1. The maximum absolute atomic E-state index is 12.5. The average Bonchev–Trinajstić information content (AvgIpc) is 2.61. The van der Waals surface area contributed by atoms with Gasteiger partial charge in [0.1, 0.15) is 0 Å². The zero-order valence-corrected chi connectivity index (χ0v) is 14.9. The van der Waals surface area contributed by atoms with E-state index < -0.39 is 0 Å². The van der Waals surface area contributed by atoms with Gasteiger partial charge in [-0.15, -0.1) is 0 Å². The van der Waals surface area contributed by atoms with Gasteiger partial charge in [0, 0.05) is 32.9 Å². The van der Waals surface area contributed by atoms with E-state index in [1.165, 1.54) is 4.90 Å². The van der Waals surface area contributed by atoms with Crippen LogP contribution >= 0.6 is 0 Å². The molecule has 1 N–H and O–H groups in total. The summed E-state index contributed by atoms with van der Waals surface area (Å²) in [5.41, 5.74) is 1.06. The number of anilines is 1. The summed E-state index contributed by atoms with van der Waals surface area (Å²) in [6, 6.07) is 6.52. The summed E-state index contributed by atoms with van der Waals surface area (Å²) in [4.78, 5) is 39.4. The van der Waals surface area contributed by atoms with Gasteiger partial charge < -0.3 is 19.9 Å². The van der Waals surface area contributed by atoms with E-state index in [-0.39, 0.29) is 23.8 Å². The molecule has 25 heavy (non-hydrogen) atoms. The van der Waals surface area contributed by atoms with Gasteiger partial charge in [0.15, 0.2) is 0 Å². The van der Waals surface area contributed by atoms with Crippen molar-refractivity contribution < 1.29 is 19.1 Å². The van der Waals surface area contributed by atoms with E-state index >= 15 is 0 Å². The van der Waals surface area contributed by atoms with Crippen molar-refractivity contribution in [3.8, 4) is 0 Å². The Hall–Kier alpha value is -2.57. The second-order valence-corrected chi connectivity index (χ2v) is 6.25. The summed E-state index contributed by atoms with van der Waals surface area (Å²) in [5.74, 6) is -0.729. The fourth-order valence-electron chi connectivity index (χ4n) is 2.80. The van der Waals surface area contributed by atoms with Crippen LogP contribution in [0, 0.1) is 5.92 Å². The Balaban J connectivity index is 1.95. The van der Waals surface area contributed by atoms with Crippen molar-refractivity contribution in [3.05, 3.63) is 29.8 Å². The van der Waals surface area contributed by atoms with Gasteiger partial charge >= 0.3 is 12.0 Å². The maximum Gasteiger partial charge on any atom is 0.338 e. The van der Waals surface area contributed by atoms with Gasteiger partial charge in [0.05, 0.1) is 18.1 Å². The van der Waals surface area contributed by atoms with E-state index in [1.54, 1.807) is 50.2 Å². The number of urea groups is 1. The second-order valence-electron chi connectivity index (χ2n) is 6.25. The molecule has 1 fully saturated rings. The number of likely N-dealkylation sites (tertiary alicyclic amines) is 1. The number of nitrogens with zero attached hydrogens (tertiary/aromatic N) is 2. The van der Waals surface area contributed by atoms with Gasteiger partial charge in [-0.25, -0.2) is 9.59 Å². The molecular weight excluding hydrogens is 322 g/mol. The fourth-order valence-corrected chi connectivity index (χ4v) is 2.80. The quantitative estimate of drug-likeness (QED) is 0.847. The first-order valence-corrected chi connectivity index (χ1v) is 8.46. The Morgan fingerprint density at radius 3 is 2.52 bits per heavy atom. The van der Waals surface area contributed by atoms with E-state index in [4.69, 9.17) is 4.74 Å². The van der Waals surface area contributed by atoms with Crippen molar-refractivity contribution in [2.24, 2.45) is 5.92 Å². The van der Waals surface area contributed by atoms with Gasteiger partial charge in [-0.3, -0.25) is 4.79 Å². The van der Waals surface area contributed by atoms with E-state index in [1.807, 2.05) is 0 Å². The number of rotatable bonds is 4. The van der Waals surface area contributed by atoms with Crippen molar-refractivity contribution in [2.75, 3.05) is 39.1 Å². The molecular formula is C18H25N3O4. The van der Waals surface area contributed by atoms with Crippen LogP contribution in [0.5, 0.6) is 0 Å². The van der Waals surface area contributed by atoms with Crippen LogP contribution in [0.15, 0.2) is 24.3 Å². The van der Waals surface area contributed by atoms with Crippen LogP contribution in [0.1, 0.15) is 30.1 Å². The number of benzene rings is 1. The molecule has 7 heteroatoms. The highest BCUT2D eigenvalue weighted by molar-refractivity contribution is 5.94. The average molecular weight is 347 g/mol. The number of carbonyl (C=O) groups excluding carboxylic acids is 3. The number of hydrogen-bond acceptors (Lipinski definition) is 4. The molecule has 1 aromatic carbocycles. The number of amides is 3. The molecule has 136 valence electrons. The Kier molecular flexibility index (Phi) is 6.38. The highest BCUT2D eigenvalue weighted by atomic mass is 16.5. The van der Waals surface area contributed by atoms with Crippen molar-refractivity contribution >= 4 is 23.6 Å². The van der Waals surface area contributed by atoms with Gasteiger partial charge in [0.2, 0.25) is 5.91 Å². The highest BCUT2D eigenvalue weighted by Crippen LogP contribution is 2.20. The predicted molar refractivity (Wildman–Crippen MR) is 94.4 cm³/mol. The summed E-state index contributed by atoms with van der Waals surface area (Å²) in [6.45, 7) is 3.17. The molecule has 1 heterocycles. The van der Waals surface area contributed by atoms with E-state index in [0.29, 0.717) is 30.9 Å². The lowest BCUT2D eigenvalue weighted by molar-refractivity contribution is -0.121. The molecule has 1 aromatic rings. The number of hydrogen-bond donors (Lipinski definition) is 1. The smallest absolute Gasteiger partial charge is 0.338 e. The Labute approximate surface area is 147 Å². The third-order valence-electron chi connectivity index (χ3n) is 4.11. The maximum atomic E-state index is 12.5. The molecule has 0 unspecified atom stereocenters. The standard InChI is InChI=1S/C18H25N3O4/c1-4-25-17(23)13-7-9-15(10-8-13)19-16(22)14-6-5-11-21(12-14)18(24)20(2)3/h7-10,14H,4-6,11-12H2,1-3H3,(H,19,22)/t14-/m0/s1. The normalized spacial score (nSPS) is 16.9. The zero-order valence-electron chi connectivity index (χ0n) is 14.9. The molecule has 0 aliphatic carbocycles. The van der Waals surface area contributed by atoms with Crippen LogP contribution in [0.3, 0.4) is 0 Å². The largest absolute Gasteiger partial charge is 0.462 e. The minimum atomic E-state index is -0.384. The Bertz CT molecular complexity index is 628. The van der Waals surface area contributed by atoms with E-state index in [9.17, 15) is 14.4 Å². The summed E-state index contributed by atoms with van der Waals surface area (Å²) in [5, 5.41) is 2.86. The summed E-state index contributed by atoms with van der Waals surface area (Å²) < 4.78 is 4.93. The monoisotopic (exact) mass is 347 g/mol. The van der Waals surface area contributed by atoms with Crippen molar-refractivity contribution in [2.45, 2.75) is 19.8 Å². The Morgan fingerprint density at radius 2 is 1.92 bits per heavy atom. The number of ether oxygens (including phenoxy) is 1. The van der Waals surface area contributed by atoms with Crippen LogP contribution < -0.4 is 5.32 Å². The molecule has 1 atom stereocenters. The number of esters is 1. The summed E-state index contributed by atoms with van der Waals surface area (Å²) in [6.07, 6.45) is 1.56. The topological polar surface area (TPSA) is 79.0 Å². The summed E-state index contributed by atoms with van der Waals surface area (Å²) in [7, 11) is 3.41. The molecule has 1 saturated heterocycles. The Morgan fingerprint density at radius 1 is 1.24 bits per heavy atom. The molecule has 1 aliphatic heterocycles. The number of carbonyl (C=O) groups is 3. The van der Waals surface area contributed by atoms with Crippen LogP contribution in [0.4, 0.5) is 10.5 Å². The fraction of sp³-hybridized carbons (Fsp3) is 0.500. The first-order valence-electron chi connectivity index (χ1n) is 8.46. The van der Waals surface area contributed by atoms with Crippen LogP contribution in [0.25, 0.3) is 0 Å². The van der Waals surface area contributed by atoms with Crippen molar-refractivity contribution in [3.63, 3.8) is 0 Å². The van der Waals surface area contributed by atoms with E-state index in [2.05, 4.69) is 5.32 Å². The predicted octanol–water partition coefficient (Wildman–Crippen LogP) is 2.20. The minimum Gasteiger partial charge on any atom is -0.462 e. The molecule has 0 saturated carbocycles. The van der Waals surface area contributed by atoms with Gasteiger partial charge in [-0.1, -0.05) is 0 Å². The molecule has 0 aromatic heterocycles. The third-order valence-corrected chi connectivity index (χ3v) is 4.11. The number of piperidine rings is 1. The first kappa shape index (κ1) is 18.8. The van der Waals surface area contributed by atoms with Gasteiger partial charge in [-0.05, 0) is 44.0 Å². The second kappa shape index (κ2) is 8.50. The molecule has 1 aliphatic rings. The lowest BCUT2D eigenvalue weighted by atomic mass is 9.97. The van der Waals surface area contributed by atoms with Crippen molar-refractivity contribution in [1.29, 1.82) is 0 Å². The van der Waals surface area contributed by atoms with Crippen LogP contribution in [0.2, 0.25) is 0 Å². The third kappa shape index (κ3) is 4.95. The molecule has 0 bridgehead atoms. The molecule has 0 spiro atoms. The first-order chi connectivity index (χ1) is 11.9. The van der Waals surface area contributed by atoms with Crippen LogP contribution in [-0.4, -0.2) is 61.5 Å². The molecule has 3 amide bonds. The molecule has 7 nitrogen and oxygen atoms in total.